The highest BCUT2D eigenvalue weighted by Crippen LogP contribution is 2.27. The van der Waals surface area contributed by atoms with Gasteiger partial charge in [0.2, 0.25) is 0 Å². The molecule has 0 bridgehead atoms. The van der Waals surface area contributed by atoms with E-state index in [9.17, 15) is 0 Å². The molecule has 4 heteroatoms. The Labute approximate surface area is 122 Å². The van der Waals surface area contributed by atoms with Gasteiger partial charge >= 0.3 is 0 Å². The van der Waals surface area contributed by atoms with Crippen LogP contribution in [0.25, 0.3) is 16.9 Å². The Hall–Kier alpha value is -2.10. The van der Waals surface area contributed by atoms with Gasteiger partial charge in [-0.2, -0.15) is 5.10 Å². The highest BCUT2D eigenvalue weighted by atomic mass is 35.5. The lowest BCUT2D eigenvalue weighted by Gasteiger charge is -2.09. The molecule has 2 N–H and O–H groups in total. The Kier molecular flexibility index (Phi) is 3.54. The van der Waals surface area contributed by atoms with Gasteiger partial charge in [0.15, 0.2) is 0 Å². The molecule has 1 aromatic heterocycles. The Morgan fingerprint density at radius 2 is 1.85 bits per heavy atom. The van der Waals surface area contributed by atoms with Gasteiger partial charge in [0, 0.05) is 17.1 Å². The summed E-state index contributed by atoms with van der Waals surface area (Å²) >= 11 is 6.24. The summed E-state index contributed by atoms with van der Waals surface area (Å²) in [5.74, 6) is 0. The number of halogens is 1. The second kappa shape index (κ2) is 5.49. The lowest BCUT2D eigenvalue weighted by molar-refractivity contribution is 0.888. The van der Waals surface area contributed by atoms with Crippen LogP contribution in [-0.4, -0.2) is 9.78 Å². The van der Waals surface area contributed by atoms with Crippen molar-refractivity contribution in [2.24, 2.45) is 5.73 Å². The third-order valence-electron chi connectivity index (χ3n) is 3.21. The molecule has 0 saturated heterocycles. The van der Waals surface area contributed by atoms with E-state index in [-0.39, 0.29) is 0 Å². The van der Waals surface area contributed by atoms with E-state index in [2.05, 4.69) is 5.10 Å². The van der Waals surface area contributed by atoms with Gasteiger partial charge < -0.3 is 5.73 Å². The zero-order valence-electron chi connectivity index (χ0n) is 10.8. The molecule has 3 nitrogen and oxygen atoms in total. The molecule has 3 rings (SSSR count). The normalized spacial score (nSPS) is 10.7. The maximum absolute atomic E-state index is 6.24. The number of benzene rings is 2. The molecule has 0 aliphatic rings. The number of rotatable bonds is 3. The average molecular weight is 284 g/mol. The molecule has 0 fully saturated rings. The topological polar surface area (TPSA) is 43.8 Å². The summed E-state index contributed by atoms with van der Waals surface area (Å²) in [6, 6.07) is 17.9. The van der Waals surface area contributed by atoms with Crippen LogP contribution in [0.2, 0.25) is 5.02 Å². The van der Waals surface area contributed by atoms with Gasteiger partial charge in [0.05, 0.1) is 17.6 Å². The number of nitrogens with zero attached hydrogens (tertiary/aromatic N) is 2. The molecule has 0 spiro atoms. The number of hydrogen-bond acceptors (Lipinski definition) is 2. The monoisotopic (exact) mass is 283 g/mol. The zero-order chi connectivity index (χ0) is 13.9. The predicted molar refractivity (Wildman–Crippen MR) is 81.9 cm³/mol. The van der Waals surface area contributed by atoms with Gasteiger partial charge in [-0.15, -0.1) is 0 Å². The number of hydrogen-bond donors (Lipinski definition) is 1. The van der Waals surface area contributed by atoms with E-state index in [1.165, 1.54) is 0 Å². The highest BCUT2D eigenvalue weighted by molar-refractivity contribution is 6.31. The fourth-order valence-corrected chi connectivity index (χ4v) is 2.43. The van der Waals surface area contributed by atoms with Crippen molar-refractivity contribution in [1.29, 1.82) is 0 Å². The van der Waals surface area contributed by atoms with E-state index < -0.39 is 0 Å². The molecule has 2 aromatic carbocycles. The van der Waals surface area contributed by atoms with Crippen molar-refractivity contribution in [3.8, 4) is 16.9 Å². The standard InChI is InChI=1S/C16H14ClN3/c17-15-10-12(6-7-13(15)11-18)16-8-9-19-20(16)14-4-2-1-3-5-14/h1-10H,11,18H2. The van der Waals surface area contributed by atoms with E-state index >= 15 is 0 Å². The molecular formula is C16H14ClN3. The molecule has 0 saturated carbocycles. The van der Waals surface area contributed by atoms with Gasteiger partial charge in [0.25, 0.3) is 0 Å². The van der Waals surface area contributed by atoms with Gasteiger partial charge in [-0.1, -0.05) is 41.9 Å². The third-order valence-corrected chi connectivity index (χ3v) is 3.56. The predicted octanol–water partition coefficient (Wildman–Crippen LogP) is 3.65. The molecule has 3 aromatic rings. The van der Waals surface area contributed by atoms with Gasteiger partial charge in [-0.05, 0) is 29.8 Å². The number of nitrogens with two attached hydrogens (primary N) is 1. The maximum Gasteiger partial charge on any atom is 0.0741 e. The molecule has 1 heterocycles. The molecule has 0 atom stereocenters. The fraction of sp³-hybridized carbons (Fsp3) is 0.0625. The molecule has 0 amide bonds. The van der Waals surface area contributed by atoms with Crippen LogP contribution in [-0.2, 0) is 6.54 Å². The molecular weight excluding hydrogens is 270 g/mol. The van der Waals surface area contributed by atoms with E-state index in [1.54, 1.807) is 6.20 Å². The van der Waals surface area contributed by atoms with Crippen molar-refractivity contribution >= 4 is 11.6 Å². The second-order valence-corrected chi connectivity index (χ2v) is 4.88. The first kappa shape index (κ1) is 12.9. The van der Waals surface area contributed by atoms with Gasteiger partial charge in [0.1, 0.15) is 0 Å². The van der Waals surface area contributed by atoms with Crippen molar-refractivity contribution in [3.63, 3.8) is 0 Å². The van der Waals surface area contributed by atoms with Crippen molar-refractivity contribution in [3.05, 3.63) is 71.4 Å². The minimum Gasteiger partial charge on any atom is -0.326 e. The van der Waals surface area contributed by atoms with Crippen molar-refractivity contribution < 1.29 is 0 Å². The Balaban J connectivity index is 2.08. The van der Waals surface area contributed by atoms with Crippen LogP contribution < -0.4 is 5.73 Å². The molecule has 0 radical (unpaired) electrons. The molecule has 20 heavy (non-hydrogen) atoms. The van der Waals surface area contributed by atoms with Crippen LogP contribution >= 0.6 is 11.6 Å². The van der Waals surface area contributed by atoms with Crippen molar-refractivity contribution in [2.45, 2.75) is 6.54 Å². The van der Waals surface area contributed by atoms with Gasteiger partial charge in [-0.25, -0.2) is 4.68 Å². The smallest absolute Gasteiger partial charge is 0.0741 e. The van der Waals surface area contributed by atoms with Crippen LogP contribution in [0.5, 0.6) is 0 Å². The van der Waals surface area contributed by atoms with Crippen LogP contribution in [0.15, 0.2) is 60.8 Å². The molecule has 0 aliphatic carbocycles. The number of para-hydroxylation sites is 1. The summed E-state index contributed by atoms with van der Waals surface area (Å²) < 4.78 is 1.90. The average Bonchev–Trinajstić information content (AvgIpc) is 2.97. The summed E-state index contributed by atoms with van der Waals surface area (Å²) in [5, 5.41) is 5.07. The van der Waals surface area contributed by atoms with E-state index in [1.807, 2.05) is 59.3 Å². The lowest BCUT2D eigenvalue weighted by Crippen LogP contribution is -2.00. The summed E-state index contributed by atoms with van der Waals surface area (Å²) in [6.45, 7) is 0.442. The quantitative estimate of drug-likeness (QED) is 0.797. The third kappa shape index (κ3) is 2.33. The largest absolute Gasteiger partial charge is 0.326 e. The van der Waals surface area contributed by atoms with Gasteiger partial charge in [-0.3, -0.25) is 0 Å². The number of aromatic nitrogens is 2. The summed E-state index contributed by atoms with van der Waals surface area (Å²) in [6.07, 6.45) is 1.78. The van der Waals surface area contributed by atoms with E-state index in [4.69, 9.17) is 17.3 Å². The minimum absolute atomic E-state index is 0.442. The molecule has 0 aliphatic heterocycles. The van der Waals surface area contributed by atoms with E-state index in [0.29, 0.717) is 11.6 Å². The Morgan fingerprint density at radius 1 is 1.05 bits per heavy atom. The van der Waals surface area contributed by atoms with Crippen LogP contribution in [0.3, 0.4) is 0 Å². The van der Waals surface area contributed by atoms with Crippen molar-refractivity contribution in [1.82, 2.24) is 9.78 Å². The fourth-order valence-electron chi connectivity index (χ4n) is 2.17. The molecule has 0 unspecified atom stereocenters. The summed E-state index contributed by atoms with van der Waals surface area (Å²) in [7, 11) is 0. The lowest BCUT2D eigenvalue weighted by atomic mass is 10.1. The van der Waals surface area contributed by atoms with Crippen LogP contribution in [0.1, 0.15) is 5.56 Å². The first-order chi connectivity index (χ1) is 9.79. The Morgan fingerprint density at radius 3 is 2.55 bits per heavy atom. The minimum atomic E-state index is 0.442. The maximum atomic E-state index is 6.24. The summed E-state index contributed by atoms with van der Waals surface area (Å²) in [4.78, 5) is 0. The molecule has 100 valence electrons. The summed E-state index contributed by atoms with van der Waals surface area (Å²) in [5.41, 5.74) is 9.63. The first-order valence-corrected chi connectivity index (χ1v) is 6.75. The van der Waals surface area contributed by atoms with Crippen molar-refractivity contribution in [2.75, 3.05) is 0 Å². The SMILES string of the molecule is NCc1ccc(-c2ccnn2-c2ccccc2)cc1Cl. The second-order valence-electron chi connectivity index (χ2n) is 4.47. The van der Waals surface area contributed by atoms with Crippen LogP contribution in [0.4, 0.5) is 0 Å². The first-order valence-electron chi connectivity index (χ1n) is 6.38. The Bertz CT molecular complexity index is 720. The highest BCUT2D eigenvalue weighted by Gasteiger charge is 2.09. The van der Waals surface area contributed by atoms with E-state index in [0.717, 1.165) is 22.5 Å². The van der Waals surface area contributed by atoms with Crippen LogP contribution in [0, 0.1) is 0 Å². The zero-order valence-corrected chi connectivity index (χ0v) is 11.6.